The van der Waals surface area contributed by atoms with E-state index in [1.54, 1.807) is 48.5 Å². The Bertz CT molecular complexity index is 1780. The molecule has 2 N–H and O–H groups in total. The van der Waals surface area contributed by atoms with Gasteiger partial charge in [0.15, 0.2) is 11.5 Å². The van der Waals surface area contributed by atoms with Crippen LogP contribution in [-0.4, -0.2) is 17.5 Å². The molecule has 1 atom stereocenters. The van der Waals surface area contributed by atoms with E-state index in [9.17, 15) is 24.6 Å². The summed E-state index contributed by atoms with van der Waals surface area (Å²) in [7, 11) is 0. The van der Waals surface area contributed by atoms with Crippen LogP contribution >= 0.6 is 0 Å². The molecular weight excluding hydrogens is 557 g/mol. The molecule has 4 aromatic rings. The number of nitro groups is 1. The summed E-state index contributed by atoms with van der Waals surface area (Å²) >= 11 is 0. The molecule has 0 radical (unpaired) electrons. The number of ether oxygens (including phenoxy) is 4. The number of benzene rings is 4. The van der Waals surface area contributed by atoms with E-state index in [0.717, 1.165) is 0 Å². The first-order chi connectivity index (χ1) is 20.8. The van der Waals surface area contributed by atoms with Gasteiger partial charge in [0.05, 0.1) is 23.0 Å². The van der Waals surface area contributed by atoms with Gasteiger partial charge >= 0.3 is 5.97 Å². The van der Waals surface area contributed by atoms with Crippen molar-refractivity contribution in [1.82, 2.24) is 0 Å². The van der Waals surface area contributed by atoms with Crippen LogP contribution in [0.4, 0.5) is 10.1 Å². The zero-order valence-corrected chi connectivity index (χ0v) is 22.8. The summed E-state index contributed by atoms with van der Waals surface area (Å²) in [5, 5.41) is 20.9. The van der Waals surface area contributed by atoms with E-state index in [1.807, 2.05) is 6.92 Å². The Balaban J connectivity index is 1.43. The zero-order chi connectivity index (χ0) is 30.5. The maximum absolute atomic E-state index is 14.1. The van der Waals surface area contributed by atoms with Gasteiger partial charge in [-0.3, -0.25) is 10.1 Å². The number of nitrogens with zero attached hydrogens (tertiary/aromatic N) is 2. The van der Waals surface area contributed by atoms with Crippen molar-refractivity contribution in [1.29, 1.82) is 5.26 Å². The number of hydrogen-bond donors (Lipinski definition) is 1. The number of nitriles is 1. The van der Waals surface area contributed by atoms with Gasteiger partial charge in [-0.2, -0.15) is 5.26 Å². The standard InChI is InChI=1S/C32H24FN3O7/c1-2-40-29-15-20(9-14-27(29)41-18-21-5-3-4-6-26(21)33)30-24-13-12-23(16-28(24)43-31(35)25(30)17-34)42-32(37)19-7-10-22(11-8-19)36(38)39/h3-16,30H,2,18,35H2,1H3. The van der Waals surface area contributed by atoms with E-state index in [0.29, 0.717) is 34.8 Å². The number of hydrogen-bond acceptors (Lipinski definition) is 9. The van der Waals surface area contributed by atoms with E-state index >= 15 is 0 Å². The lowest BCUT2D eigenvalue weighted by Gasteiger charge is -2.27. The van der Waals surface area contributed by atoms with Crippen LogP contribution < -0.4 is 24.7 Å². The molecule has 0 amide bonds. The predicted octanol–water partition coefficient (Wildman–Crippen LogP) is 6.15. The molecule has 5 rings (SSSR count). The van der Waals surface area contributed by atoms with Gasteiger partial charge in [0.1, 0.15) is 35.6 Å². The van der Waals surface area contributed by atoms with E-state index in [2.05, 4.69) is 6.07 Å². The van der Waals surface area contributed by atoms with Crippen molar-refractivity contribution in [2.24, 2.45) is 5.73 Å². The SMILES string of the molecule is CCOc1cc(C2C(C#N)=C(N)Oc3cc(OC(=O)c4ccc([N+](=O)[O-])cc4)ccc32)ccc1OCc1ccccc1F. The summed E-state index contributed by atoms with van der Waals surface area (Å²) in [5.74, 6) is -0.665. The molecule has 0 spiro atoms. The van der Waals surface area contributed by atoms with E-state index < -0.39 is 16.8 Å². The Morgan fingerprint density at radius 2 is 1.81 bits per heavy atom. The van der Waals surface area contributed by atoms with Crippen molar-refractivity contribution in [3.8, 4) is 29.1 Å². The number of carbonyl (C=O) groups excluding carboxylic acids is 1. The first-order valence-corrected chi connectivity index (χ1v) is 13.1. The molecule has 10 nitrogen and oxygen atoms in total. The monoisotopic (exact) mass is 581 g/mol. The third-order valence-electron chi connectivity index (χ3n) is 6.66. The lowest BCUT2D eigenvalue weighted by molar-refractivity contribution is -0.384. The zero-order valence-electron chi connectivity index (χ0n) is 22.8. The molecule has 0 saturated carbocycles. The molecule has 1 unspecified atom stereocenters. The Hall–Kier alpha value is -5.89. The Morgan fingerprint density at radius 3 is 2.51 bits per heavy atom. The minimum atomic E-state index is -0.726. The summed E-state index contributed by atoms with van der Waals surface area (Å²) < 4.78 is 37.0. The highest BCUT2D eigenvalue weighted by molar-refractivity contribution is 5.91. The summed E-state index contributed by atoms with van der Waals surface area (Å²) in [6.45, 7) is 2.13. The van der Waals surface area contributed by atoms with Gasteiger partial charge < -0.3 is 24.7 Å². The Labute approximate surface area is 245 Å². The van der Waals surface area contributed by atoms with E-state index in [1.165, 1.54) is 36.4 Å². The van der Waals surface area contributed by atoms with Crippen molar-refractivity contribution < 1.29 is 33.1 Å². The predicted molar refractivity (Wildman–Crippen MR) is 152 cm³/mol. The van der Waals surface area contributed by atoms with Crippen LogP contribution in [0.15, 0.2) is 96.4 Å². The first kappa shape index (κ1) is 28.6. The number of fused-ring (bicyclic) bond motifs is 1. The molecular formula is C32H24FN3O7. The van der Waals surface area contributed by atoms with Gasteiger partial charge in [0.25, 0.3) is 5.69 Å². The van der Waals surface area contributed by atoms with Gasteiger partial charge in [0.2, 0.25) is 5.88 Å². The van der Waals surface area contributed by atoms with Crippen LogP contribution in [0.2, 0.25) is 0 Å². The Kier molecular flexibility index (Phi) is 8.20. The maximum Gasteiger partial charge on any atom is 0.343 e. The highest BCUT2D eigenvalue weighted by Gasteiger charge is 2.32. The van der Waals surface area contributed by atoms with E-state index in [4.69, 9.17) is 24.7 Å². The van der Waals surface area contributed by atoms with Crippen molar-refractivity contribution in [3.05, 3.63) is 135 Å². The molecule has 43 heavy (non-hydrogen) atoms. The number of nitro benzene ring substituents is 1. The van der Waals surface area contributed by atoms with Crippen molar-refractivity contribution in [3.63, 3.8) is 0 Å². The average molecular weight is 582 g/mol. The molecule has 1 aliphatic heterocycles. The first-order valence-electron chi connectivity index (χ1n) is 13.1. The fraction of sp³-hybridized carbons (Fsp3) is 0.125. The third-order valence-corrected chi connectivity index (χ3v) is 6.66. The van der Waals surface area contributed by atoms with E-state index in [-0.39, 0.29) is 46.6 Å². The number of non-ortho nitro benzene ring substituents is 1. The molecule has 0 bridgehead atoms. The number of nitrogens with two attached hydrogens (primary N) is 1. The van der Waals surface area contributed by atoms with Crippen LogP contribution in [-0.2, 0) is 6.61 Å². The van der Waals surface area contributed by atoms with Crippen LogP contribution in [0.3, 0.4) is 0 Å². The van der Waals surface area contributed by atoms with Crippen LogP contribution in [0, 0.1) is 27.3 Å². The largest absolute Gasteiger partial charge is 0.490 e. The third kappa shape index (κ3) is 6.08. The van der Waals surface area contributed by atoms with Crippen LogP contribution in [0.25, 0.3) is 0 Å². The second kappa shape index (κ2) is 12.3. The van der Waals surface area contributed by atoms with Gasteiger partial charge in [-0.25, -0.2) is 9.18 Å². The van der Waals surface area contributed by atoms with Gasteiger partial charge in [-0.15, -0.1) is 0 Å². The number of allylic oxidation sites excluding steroid dienone is 1. The number of rotatable bonds is 9. The highest BCUT2D eigenvalue weighted by atomic mass is 19.1. The minimum absolute atomic E-state index is 0.0101. The van der Waals surface area contributed by atoms with Crippen LogP contribution in [0.1, 0.15) is 39.9 Å². The quantitative estimate of drug-likeness (QED) is 0.106. The molecule has 0 fully saturated rings. The molecule has 0 saturated heterocycles. The summed E-state index contributed by atoms with van der Waals surface area (Å²) in [5.41, 5.74) is 7.91. The van der Waals surface area contributed by atoms with Gasteiger partial charge in [-0.1, -0.05) is 30.3 Å². The van der Waals surface area contributed by atoms with Crippen molar-refractivity contribution in [2.75, 3.05) is 6.61 Å². The van der Waals surface area contributed by atoms with Gasteiger partial charge in [0, 0.05) is 29.3 Å². The Morgan fingerprint density at radius 1 is 1.05 bits per heavy atom. The fourth-order valence-corrected chi connectivity index (χ4v) is 4.59. The van der Waals surface area contributed by atoms with Gasteiger partial charge in [-0.05, 0) is 48.9 Å². The second-order valence-corrected chi connectivity index (χ2v) is 9.34. The normalized spacial score (nSPS) is 13.7. The number of carbonyl (C=O) groups is 1. The lowest BCUT2D eigenvalue weighted by atomic mass is 9.83. The molecule has 11 heteroatoms. The van der Waals surface area contributed by atoms with Crippen molar-refractivity contribution in [2.45, 2.75) is 19.4 Å². The number of halogens is 1. The van der Waals surface area contributed by atoms with Crippen LogP contribution in [0.5, 0.6) is 23.0 Å². The molecule has 1 aliphatic rings. The molecule has 1 heterocycles. The molecule has 0 aromatic heterocycles. The summed E-state index contributed by atoms with van der Waals surface area (Å²) in [6.07, 6.45) is 0. The smallest absolute Gasteiger partial charge is 0.343 e. The molecule has 216 valence electrons. The maximum atomic E-state index is 14.1. The summed E-state index contributed by atoms with van der Waals surface area (Å²) in [6, 6.07) is 23.3. The fourth-order valence-electron chi connectivity index (χ4n) is 4.59. The minimum Gasteiger partial charge on any atom is -0.490 e. The number of esters is 1. The molecule has 0 aliphatic carbocycles. The second-order valence-electron chi connectivity index (χ2n) is 9.34. The molecule has 4 aromatic carbocycles. The topological polar surface area (TPSA) is 147 Å². The highest BCUT2D eigenvalue weighted by Crippen LogP contribution is 2.45. The van der Waals surface area contributed by atoms with Crippen molar-refractivity contribution >= 4 is 11.7 Å². The summed E-state index contributed by atoms with van der Waals surface area (Å²) in [4.78, 5) is 23.0. The lowest BCUT2D eigenvalue weighted by Crippen LogP contribution is -2.21. The average Bonchev–Trinajstić information content (AvgIpc) is 3.00.